The number of ether oxygens (including phenoxy) is 2. The first kappa shape index (κ1) is 20.2. The fourth-order valence-corrected chi connectivity index (χ4v) is 3.55. The van der Waals surface area contributed by atoms with Gasteiger partial charge in [-0.15, -0.1) is 5.10 Å². The SMILES string of the molecule is CC(=O)c1c[nH]c(-c2nc(N)nc3c2nnn3Cc2ccc(COC3CCOC3)cn2)c1. The minimum Gasteiger partial charge on any atom is -0.379 e. The maximum atomic E-state index is 11.6. The first-order valence-corrected chi connectivity index (χ1v) is 10.3. The van der Waals surface area contributed by atoms with Crippen LogP contribution in [0.5, 0.6) is 0 Å². The van der Waals surface area contributed by atoms with Gasteiger partial charge in [-0.05, 0) is 31.0 Å². The predicted octanol–water partition coefficient (Wildman–Crippen LogP) is 1.75. The van der Waals surface area contributed by atoms with Crippen molar-refractivity contribution in [3.8, 4) is 11.4 Å². The number of H-pyrrole nitrogens is 1. The molecule has 4 aromatic heterocycles. The van der Waals surface area contributed by atoms with Crippen molar-refractivity contribution in [2.75, 3.05) is 18.9 Å². The Kier molecular flexibility index (Phi) is 5.33. The highest BCUT2D eigenvalue weighted by Gasteiger charge is 2.18. The molecule has 1 unspecified atom stereocenters. The van der Waals surface area contributed by atoms with E-state index in [1.54, 1.807) is 23.1 Å². The highest BCUT2D eigenvalue weighted by molar-refractivity contribution is 5.96. The monoisotopic (exact) mass is 434 g/mol. The molecule has 3 N–H and O–H groups in total. The maximum Gasteiger partial charge on any atom is 0.222 e. The van der Waals surface area contributed by atoms with Crippen LogP contribution in [0.3, 0.4) is 0 Å². The number of anilines is 1. The number of rotatable bonds is 7. The van der Waals surface area contributed by atoms with E-state index >= 15 is 0 Å². The quantitative estimate of drug-likeness (QED) is 0.415. The van der Waals surface area contributed by atoms with Crippen LogP contribution in [0, 0.1) is 0 Å². The molecule has 11 heteroatoms. The Morgan fingerprint density at radius 3 is 3.00 bits per heavy atom. The summed E-state index contributed by atoms with van der Waals surface area (Å²) in [5, 5.41) is 8.47. The number of fused-ring (bicyclic) bond motifs is 1. The highest BCUT2D eigenvalue weighted by Crippen LogP contribution is 2.25. The summed E-state index contributed by atoms with van der Waals surface area (Å²) < 4.78 is 12.8. The van der Waals surface area contributed by atoms with Gasteiger partial charge in [-0.25, -0.2) is 9.67 Å². The first-order chi connectivity index (χ1) is 15.6. The van der Waals surface area contributed by atoms with Gasteiger partial charge in [-0.3, -0.25) is 9.78 Å². The molecule has 0 amide bonds. The van der Waals surface area contributed by atoms with E-state index in [1.807, 2.05) is 12.1 Å². The van der Waals surface area contributed by atoms with E-state index in [0.29, 0.717) is 47.9 Å². The zero-order valence-electron chi connectivity index (χ0n) is 17.5. The molecule has 1 aliphatic heterocycles. The number of carbonyl (C=O) groups is 1. The van der Waals surface area contributed by atoms with Crippen molar-refractivity contribution in [3.05, 3.63) is 47.4 Å². The lowest BCUT2D eigenvalue weighted by atomic mass is 10.2. The molecule has 164 valence electrons. The number of aromatic amines is 1. The lowest BCUT2D eigenvalue weighted by Crippen LogP contribution is -2.12. The van der Waals surface area contributed by atoms with Crippen LogP contribution in [0.2, 0.25) is 0 Å². The molecule has 0 aliphatic carbocycles. The number of nitrogen functional groups attached to an aromatic ring is 1. The summed E-state index contributed by atoms with van der Waals surface area (Å²) in [6, 6.07) is 5.61. The van der Waals surface area contributed by atoms with Crippen LogP contribution < -0.4 is 5.73 Å². The van der Waals surface area contributed by atoms with Gasteiger partial charge in [0.05, 0.1) is 37.3 Å². The second-order valence-corrected chi connectivity index (χ2v) is 7.66. The highest BCUT2D eigenvalue weighted by atomic mass is 16.5. The average Bonchev–Trinajstić information content (AvgIpc) is 3.54. The number of aromatic nitrogens is 7. The van der Waals surface area contributed by atoms with Crippen molar-refractivity contribution < 1.29 is 14.3 Å². The molecular formula is C21H22N8O3. The van der Waals surface area contributed by atoms with Gasteiger partial charge in [0.2, 0.25) is 5.95 Å². The van der Waals surface area contributed by atoms with Gasteiger partial charge in [0.15, 0.2) is 16.9 Å². The number of hydrogen-bond acceptors (Lipinski definition) is 9. The summed E-state index contributed by atoms with van der Waals surface area (Å²) in [6.07, 6.45) is 4.50. The van der Waals surface area contributed by atoms with Gasteiger partial charge < -0.3 is 20.2 Å². The second-order valence-electron chi connectivity index (χ2n) is 7.66. The Bertz CT molecular complexity index is 1260. The van der Waals surface area contributed by atoms with Crippen LogP contribution in [0.25, 0.3) is 22.6 Å². The number of ketones is 1. The van der Waals surface area contributed by atoms with Gasteiger partial charge in [0.1, 0.15) is 5.69 Å². The number of nitrogens with two attached hydrogens (primary N) is 1. The molecule has 5 rings (SSSR count). The molecule has 11 nitrogen and oxygen atoms in total. The predicted molar refractivity (Wildman–Crippen MR) is 115 cm³/mol. The van der Waals surface area contributed by atoms with Crippen LogP contribution >= 0.6 is 0 Å². The largest absolute Gasteiger partial charge is 0.379 e. The van der Waals surface area contributed by atoms with Crippen molar-refractivity contribution in [1.29, 1.82) is 0 Å². The second kappa shape index (κ2) is 8.44. The van der Waals surface area contributed by atoms with Gasteiger partial charge in [-0.1, -0.05) is 11.3 Å². The van der Waals surface area contributed by atoms with Crippen LogP contribution in [-0.4, -0.2) is 60.0 Å². The number of carbonyl (C=O) groups excluding carboxylic acids is 1. The summed E-state index contributed by atoms with van der Waals surface area (Å²) in [7, 11) is 0. The van der Waals surface area contributed by atoms with Crippen LogP contribution in [0.15, 0.2) is 30.6 Å². The smallest absolute Gasteiger partial charge is 0.222 e. The number of nitrogens with one attached hydrogen (secondary N) is 1. The van der Waals surface area contributed by atoms with Crippen molar-refractivity contribution in [1.82, 2.24) is 34.9 Å². The summed E-state index contributed by atoms with van der Waals surface area (Å²) in [6.45, 7) is 3.77. The zero-order valence-corrected chi connectivity index (χ0v) is 17.5. The third kappa shape index (κ3) is 4.07. The van der Waals surface area contributed by atoms with Crippen LogP contribution in [-0.2, 0) is 22.6 Å². The molecule has 0 bridgehead atoms. The fraction of sp³-hybridized carbons (Fsp3) is 0.333. The Balaban J connectivity index is 1.36. The van der Waals surface area contributed by atoms with Gasteiger partial charge >= 0.3 is 0 Å². The van der Waals surface area contributed by atoms with E-state index in [-0.39, 0.29) is 17.8 Å². The number of nitrogens with zero attached hydrogens (tertiary/aromatic N) is 6. The van der Waals surface area contributed by atoms with E-state index in [9.17, 15) is 4.79 Å². The average molecular weight is 434 g/mol. The van der Waals surface area contributed by atoms with Crippen LogP contribution in [0.1, 0.15) is 35.0 Å². The summed E-state index contributed by atoms with van der Waals surface area (Å²) in [5.74, 6) is 0.0392. The van der Waals surface area contributed by atoms with Crippen molar-refractivity contribution in [2.24, 2.45) is 0 Å². The Labute approximate surface area is 183 Å². The first-order valence-electron chi connectivity index (χ1n) is 10.3. The van der Waals surface area contributed by atoms with E-state index in [0.717, 1.165) is 24.3 Å². The standard InChI is InChI=1S/C21H22N8O3/c1-12(30)14-6-17(24-8-14)18-19-20(26-21(22)25-18)29(28-27-19)9-15-3-2-13(7-23-15)10-32-16-4-5-31-11-16/h2-3,6-8,16,24H,4-5,9-11H2,1H3,(H2,22,25,26). The van der Waals surface area contributed by atoms with Crippen molar-refractivity contribution in [3.63, 3.8) is 0 Å². The van der Waals surface area contributed by atoms with Gasteiger partial charge in [-0.2, -0.15) is 4.98 Å². The van der Waals surface area contributed by atoms with E-state index in [1.165, 1.54) is 6.92 Å². The lowest BCUT2D eigenvalue weighted by Gasteiger charge is -2.10. The Morgan fingerprint density at radius 2 is 2.28 bits per heavy atom. The molecule has 1 atom stereocenters. The number of pyridine rings is 1. The Hall–Kier alpha value is -3.70. The zero-order chi connectivity index (χ0) is 22.1. The van der Waals surface area contributed by atoms with E-state index in [2.05, 4.69) is 30.2 Å². The fourth-order valence-electron chi connectivity index (χ4n) is 3.55. The minimum absolute atomic E-state index is 0.0501. The third-order valence-electron chi connectivity index (χ3n) is 5.30. The molecule has 1 saturated heterocycles. The maximum absolute atomic E-state index is 11.6. The van der Waals surface area contributed by atoms with Gasteiger partial charge in [0.25, 0.3) is 0 Å². The third-order valence-corrected chi connectivity index (χ3v) is 5.30. The summed E-state index contributed by atoms with van der Waals surface area (Å²) in [4.78, 5) is 27.8. The molecule has 0 radical (unpaired) electrons. The summed E-state index contributed by atoms with van der Waals surface area (Å²) in [5.41, 5.74) is 10.4. The minimum atomic E-state index is -0.0501. The van der Waals surface area contributed by atoms with Crippen LogP contribution in [0.4, 0.5) is 5.95 Å². The molecular weight excluding hydrogens is 412 g/mol. The molecule has 1 aliphatic rings. The molecule has 32 heavy (non-hydrogen) atoms. The molecule has 0 aromatic carbocycles. The number of Topliss-reactive ketones (excluding diaryl/α,β-unsaturated/α-hetero) is 1. The molecule has 0 spiro atoms. The molecule has 4 aromatic rings. The molecule has 5 heterocycles. The summed E-state index contributed by atoms with van der Waals surface area (Å²) >= 11 is 0. The normalized spacial score (nSPS) is 16.1. The van der Waals surface area contributed by atoms with Gasteiger partial charge in [0, 0.05) is 24.6 Å². The van der Waals surface area contributed by atoms with Crippen molar-refractivity contribution in [2.45, 2.75) is 32.6 Å². The Morgan fingerprint density at radius 1 is 1.38 bits per heavy atom. The molecule has 1 fully saturated rings. The van der Waals surface area contributed by atoms with Crippen molar-refractivity contribution >= 4 is 22.9 Å². The van der Waals surface area contributed by atoms with E-state index < -0.39 is 0 Å². The van der Waals surface area contributed by atoms with E-state index in [4.69, 9.17) is 15.2 Å². The molecule has 0 saturated carbocycles. The number of hydrogen-bond donors (Lipinski definition) is 2. The topological polar surface area (TPSA) is 147 Å². The lowest BCUT2D eigenvalue weighted by molar-refractivity contribution is 0.0316.